The molecule has 2 rings (SSSR count). The summed E-state index contributed by atoms with van der Waals surface area (Å²) in [5.41, 5.74) is 0. The van der Waals surface area contributed by atoms with Gasteiger partial charge in [-0.25, -0.2) is 4.99 Å². The van der Waals surface area contributed by atoms with Crippen molar-refractivity contribution in [2.24, 2.45) is 10.9 Å². The van der Waals surface area contributed by atoms with E-state index in [1.165, 1.54) is 25.7 Å². The molecule has 1 aliphatic carbocycles. The van der Waals surface area contributed by atoms with Gasteiger partial charge in [0.05, 0.1) is 6.04 Å². The van der Waals surface area contributed by atoms with Crippen LogP contribution in [0.15, 0.2) is 4.99 Å². The highest BCUT2D eigenvalue weighted by molar-refractivity contribution is 5.74. The Morgan fingerprint density at radius 1 is 1.36 bits per heavy atom. The zero-order valence-electron chi connectivity index (χ0n) is 7.05. The molecular formula is C9H15NO. The summed E-state index contributed by atoms with van der Waals surface area (Å²) in [6.45, 7) is 2.80. The van der Waals surface area contributed by atoms with Crippen LogP contribution in [-0.4, -0.2) is 18.5 Å². The van der Waals surface area contributed by atoms with E-state index in [0.29, 0.717) is 6.04 Å². The fourth-order valence-corrected chi connectivity index (χ4v) is 2.10. The van der Waals surface area contributed by atoms with Crippen LogP contribution in [0.3, 0.4) is 0 Å². The van der Waals surface area contributed by atoms with Gasteiger partial charge in [-0.2, -0.15) is 0 Å². The van der Waals surface area contributed by atoms with Gasteiger partial charge in [0.2, 0.25) is 0 Å². The van der Waals surface area contributed by atoms with E-state index in [9.17, 15) is 0 Å². The van der Waals surface area contributed by atoms with Crippen LogP contribution in [-0.2, 0) is 4.74 Å². The van der Waals surface area contributed by atoms with Crippen molar-refractivity contribution in [1.29, 1.82) is 0 Å². The fourth-order valence-electron chi connectivity index (χ4n) is 2.10. The minimum atomic E-state index is 0.498. The zero-order chi connectivity index (χ0) is 7.68. The largest absolute Gasteiger partial charge is 0.479 e. The molecule has 0 bridgehead atoms. The molecule has 1 unspecified atom stereocenters. The van der Waals surface area contributed by atoms with E-state index in [4.69, 9.17) is 4.74 Å². The van der Waals surface area contributed by atoms with Gasteiger partial charge in [0.15, 0.2) is 5.90 Å². The van der Waals surface area contributed by atoms with Gasteiger partial charge in [0.25, 0.3) is 0 Å². The molecule has 1 atom stereocenters. The van der Waals surface area contributed by atoms with Gasteiger partial charge >= 0.3 is 0 Å². The Morgan fingerprint density at radius 3 is 2.64 bits per heavy atom. The van der Waals surface area contributed by atoms with Gasteiger partial charge in [0, 0.05) is 6.92 Å². The van der Waals surface area contributed by atoms with Gasteiger partial charge in [-0.3, -0.25) is 0 Å². The fraction of sp³-hybridized carbons (Fsp3) is 0.889. The van der Waals surface area contributed by atoms with E-state index in [1.807, 2.05) is 6.92 Å². The molecule has 0 aromatic rings. The SMILES string of the molecule is CC1=NC(C2CCCC2)CO1. The van der Waals surface area contributed by atoms with Gasteiger partial charge in [-0.05, 0) is 18.8 Å². The van der Waals surface area contributed by atoms with E-state index in [-0.39, 0.29) is 0 Å². The van der Waals surface area contributed by atoms with Crippen LogP contribution in [0.1, 0.15) is 32.6 Å². The molecule has 62 valence electrons. The monoisotopic (exact) mass is 153 g/mol. The summed E-state index contributed by atoms with van der Waals surface area (Å²) in [5, 5.41) is 0. The Kier molecular flexibility index (Phi) is 1.84. The molecule has 1 heterocycles. The third-order valence-corrected chi connectivity index (χ3v) is 2.75. The van der Waals surface area contributed by atoms with Gasteiger partial charge in [-0.1, -0.05) is 12.8 Å². The van der Waals surface area contributed by atoms with Crippen LogP contribution < -0.4 is 0 Å². The van der Waals surface area contributed by atoms with E-state index in [1.54, 1.807) is 0 Å². The Labute approximate surface area is 67.7 Å². The van der Waals surface area contributed by atoms with E-state index >= 15 is 0 Å². The molecule has 11 heavy (non-hydrogen) atoms. The smallest absolute Gasteiger partial charge is 0.180 e. The molecule has 2 aliphatic rings. The van der Waals surface area contributed by atoms with E-state index in [0.717, 1.165) is 18.4 Å². The number of hydrogen-bond donors (Lipinski definition) is 0. The average molecular weight is 153 g/mol. The highest BCUT2D eigenvalue weighted by Crippen LogP contribution is 2.30. The van der Waals surface area contributed by atoms with Crippen molar-refractivity contribution in [3.63, 3.8) is 0 Å². The molecule has 0 N–H and O–H groups in total. The van der Waals surface area contributed by atoms with Crippen LogP contribution in [0, 0.1) is 5.92 Å². The predicted molar refractivity (Wildman–Crippen MR) is 44.8 cm³/mol. The number of rotatable bonds is 1. The van der Waals surface area contributed by atoms with Crippen LogP contribution in [0.5, 0.6) is 0 Å². The summed E-state index contributed by atoms with van der Waals surface area (Å²) in [7, 11) is 0. The maximum atomic E-state index is 5.33. The first-order valence-corrected chi connectivity index (χ1v) is 4.53. The number of aliphatic imine (C=N–C) groups is 1. The Hall–Kier alpha value is -0.530. The number of nitrogens with zero attached hydrogens (tertiary/aromatic N) is 1. The maximum Gasteiger partial charge on any atom is 0.180 e. The van der Waals surface area contributed by atoms with Crippen LogP contribution in [0.4, 0.5) is 0 Å². The molecule has 2 heteroatoms. The molecule has 1 saturated carbocycles. The molecule has 0 aromatic carbocycles. The topological polar surface area (TPSA) is 21.6 Å². The Bertz CT molecular complexity index is 170. The summed E-state index contributed by atoms with van der Waals surface area (Å²) in [6, 6.07) is 0.498. The molecule has 1 fully saturated rings. The Morgan fingerprint density at radius 2 is 2.09 bits per heavy atom. The van der Waals surface area contributed by atoms with Crippen LogP contribution >= 0.6 is 0 Å². The second-order valence-corrected chi connectivity index (χ2v) is 3.57. The molecule has 0 saturated heterocycles. The third kappa shape index (κ3) is 1.39. The molecule has 2 nitrogen and oxygen atoms in total. The van der Waals surface area contributed by atoms with Crippen molar-refractivity contribution in [3.8, 4) is 0 Å². The third-order valence-electron chi connectivity index (χ3n) is 2.75. The minimum Gasteiger partial charge on any atom is -0.479 e. The molecule has 0 radical (unpaired) electrons. The van der Waals surface area contributed by atoms with Gasteiger partial charge in [-0.15, -0.1) is 0 Å². The van der Waals surface area contributed by atoms with Crippen molar-refractivity contribution in [2.45, 2.75) is 38.6 Å². The second kappa shape index (κ2) is 2.84. The number of hydrogen-bond acceptors (Lipinski definition) is 2. The highest BCUT2D eigenvalue weighted by atomic mass is 16.5. The first-order valence-electron chi connectivity index (χ1n) is 4.53. The van der Waals surface area contributed by atoms with Crippen LogP contribution in [0.2, 0.25) is 0 Å². The minimum absolute atomic E-state index is 0.498. The van der Waals surface area contributed by atoms with Crippen molar-refractivity contribution in [3.05, 3.63) is 0 Å². The average Bonchev–Trinajstić information content (AvgIpc) is 2.55. The lowest BCUT2D eigenvalue weighted by Gasteiger charge is -2.11. The molecule has 1 aliphatic heterocycles. The summed E-state index contributed by atoms with van der Waals surface area (Å²) in [6.07, 6.45) is 5.53. The summed E-state index contributed by atoms with van der Waals surface area (Å²) in [5.74, 6) is 1.72. The molecular weight excluding hydrogens is 138 g/mol. The van der Waals surface area contributed by atoms with Crippen LogP contribution in [0.25, 0.3) is 0 Å². The lowest BCUT2D eigenvalue weighted by atomic mass is 10.00. The first kappa shape index (κ1) is 7.14. The molecule has 0 amide bonds. The molecule has 0 spiro atoms. The van der Waals surface area contributed by atoms with E-state index in [2.05, 4.69) is 4.99 Å². The second-order valence-electron chi connectivity index (χ2n) is 3.57. The van der Waals surface area contributed by atoms with Gasteiger partial charge < -0.3 is 4.74 Å². The van der Waals surface area contributed by atoms with Crippen molar-refractivity contribution in [2.75, 3.05) is 6.61 Å². The van der Waals surface area contributed by atoms with Crippen molar-refractivity contribution in [1.82, 2.24) is 0 Å². The standard InChI is InChI=1S/C9H15NO/c1-7-10-9(6-11-7)8-4-2-3-5-8/h8-9H,2-6H2,1H3. The lowest BCUT2D eigenvalue weighted by molar-refractivity contribution is 0.277. The summed E-state index contributed by atoms with van der Waals surface area (Å²) >= 11 is 0. The van der Waals surface area contributed by atoms with Crippen molar-refractivity contribution < 1.29 is 4.74 Å². The van der Waals surface area contributed by atoms with Crippen molar-refractivity contribution >= 4 is 5.90 Å². The predicted octanol–water partition coefficient (Wildman–Crippen LogP) is 1.99. The number of ether oxygens (including phenoxy) is 1. The quantitative estimate of drug-likeness (QED) is 0.564. The Balaban J connectivity index is 1.95. The lowest BCUT2D eigenvalue weighted by Crippen LogP contribution is -2.16. The van der Waals surface area contributed by atoms with E-state index < -0.39 is 0 Å². The summed E-state index contributed by atoms with van der Waals surface area (Å²) in [4.78, 5) is 4.46. The molecule has 0 aromatic heterocycles. The van der Waals surface area contributed by atoms with Gasteiger partial charge in [0.1, 0.15) is 6.61 Å². The normalized spacial score (nSPS) is 32.1. The maximum absolute atomic E-state index is 5.33. The first-order chi connectivity index (χ1) is 5.36. The summed E-state index contributed by atoms with van der Waals surface area (Å²) < 4.78 is 5.33. The zero-order valence-corrected chi connectivity index (χ0v) is 7.05. The highest BCUT2D eigenvalue weighted by Gasteiger charge is 2.28.